The summed E-state index contributed by atoms with van der Waals surface area (Å²) < 4.78 is 7.54. The summed E-state index contributed by atoms with van der Waals surface area (Å²) in [6.07, 6.45) is 5.85. The maximum absolute atomic E-state index is 6.29. The van der Waals surface area contributed by atoms with Gasteiger partial charge in [0, 0.05) is 36.3 Å². The van der Waals surface area contributed by atoms with Gasteiger partial charge in [0.1, 0.15) is 0 Å². The topological polar surface area (TPSA) is 73.1 Å². The fourth-order valence-electron chi connectivity index (χ4n) is 3.51. The molecule has 1 fully saturated rings. The van der Waals surface area contributed by atoms with E-state index in [4.69, 9.17) is 10.3 Å². The van der Waals surface area contributed by atoms with Gasteiger partial charge in [-0.15, -0.1) is 0 Å². The van der Waals surface area contributed by atoms with Crippen LogP contribution in [0, 0.1) is 0 Å². The van der Waals surface area contributed by atoms with Gasteiger partial charge in [0.05, 0.1) is 6.04 Å². The van der Waals surface area contributed by atoms with Crippen molar-refractivity contribution >= 4 is 10.9 Å². The molecule has 1 atom stereocenters. The van der Waals surface area contributed by atoms with Gasteiger partial charge in [0.15, 0.2) is 0 Å². The van der Waals surface area contributed by atoms with Crippen LogP contribution in [0.1, 0.15) is 31.2 Å². The van der Waals surface area contributed by atoms with Crippen LogP contribution in [0.25, 0.3) is 22.3 Å². The van der Waals surface area contributed by atoms with Crippen LogP contribution in [-0.2, 0) is 7.05 Å². The van der Waals surface area contributed by atoms with Gasteiger partial charge >= 0.3 is 0 Å². The normalized spacial score (nSPS) is 17.4. The van der Waals surface area contributed by atoms with E-state index in [1.807, 2.05) is 25.4 Å². The predicted octanol–water partition coefficient (Wildman–Crippen LogP) is 2.71. The van der Waals surface area contributed by atoms with E-state index in [1.165, 1.54) is 19.3 Å². The van der Waals surface area contributed by atoms with Crippen LogP contribution >= 0.6 is 0 Å². The molecule has 1 unspecified atom stereocenters. The van der Waals surface area contributed by atoms with Crippen molar-refractivity contribution < 1.29 is 4.52 Å². The number of aryl methyl sites for hydroxylation is 1. The molecule has 0 aliphatic carbocycles. The number of rotatable bonds is 4. The summed E-state index contributed by atoms with van der Waals surface area (Å²) in [7, 11) is 2.02. The maximum Gasteiger partial charge on any atom is 0.245 e. The summed E-state index contributed by atoms with van der Waals surface area (Å²) >= 11 is 0. The first-order valence-corrected chi connectivity index (χ1v) is 8.58. The van der Waals surface area contributed by atoms with E-state index in [2.05, 4.69) is 31.7 Å². The molecule has 1 aliphatic heterocycles. The van der Waals surface area contributed by atoms with Crippen molar-refractivity contribution in [1.82, 2.24) is 19.6 Å². The second-order valence-electron chi connectivity index (χ2n) is 6.59. The van der Waals surface area contributed by atoms with Crippen molar-refractivity contribution in [1.29, 1.82) is 0 Å². The quantitative estimate of drug-likeness (QED) is 0.798. The van der Waals surface area contributed by atoms with Gasteiger partial charge in [-0.1, -0.05) is 29.8 Å². The average Bonchev–Trinajstić information content (AvgIpc) is 3.21. The summed E-state index contributed by atoms with van der Waals surface area (Å²) in [5.74, 6) is 1.12. The van der Waals surface area contributed by atoms with Gasteiger partial charge in [-0.2, -0.15) is 4.98 Å². The van der Waals surface area contributed by atoms with E-state index >= 15 is 0 Å². The fraction of sp³-hybridized carbons (Fsp3) is 0.444. The monoisotopic (exact) mass is 325 g/mol. The molecule has 6 nitrogen and oxygen atoms in total. The van der Waals surface area contributed by atoms with Crippen LogP contribution in [0.15, 0.2) is 35.0 Å². The smallest absolute Gasteiger partial charge is 0.245 e. The van der Waals surface area contributed by atoms with Gasteiger partial charge in [0.2, 0.25) is 11.7 Å². The first-order valence-electron chi connectivity index (χ1n) is 8.58. The molecule has 4 rings (SSSR count). The summed E-state index contributed by atoms with van der Waals surface area (Å²) in [5.41, 5.74) is 8.42. The zero-order valence-electron chi connectivity index (χ0n) is 14.0. The van der Waals surface area contributed by atoms with Crippen molar-refractivity contribution in [3.8, 4) is 11.4 Å². The van der Waals surface area contributed by atoms with Crippen LogP contribution in [0.2, 0.25) is 0 Å². The van der Waals surface area contributed by atoms with Gasteiger partial charge in [-0.05, 0) is 32.0 Å². The highest BCUT2D eigenvalue weighted by Gasteiger charge is 2.21. The van der Waals surface area contributed by atoms with Crippen molar-refractivity contribution in [3.05, 3.63) is 36.4 Å². The molecule has 24 heavy (non-hydrogen) atoms. The van der Waals surface area contributed by atoms with Gasteiger partial charge < -0.3 is 19.7 Å². The molecule has 1 aromatic carbocycles. The Labute approximate surface area is 141 Å². The van der Waals surface area contributed by atoms with Crippen LogP contribution in [0.3, 0.4) is 0 Å². The number of hydrogen-bond acceptors (Lipinski definition) is 5. The summed E-state index contributed by atoms with van der Waals surface area (Å²) in [6, 6.07) is 7.98. The SMILES string of the molecule is Cn1cc(-c2noc(C(N)CN3CCCCC3)n2)c2ccccc21. The minimum Gasteiger partial charge on any atom is -0.350 e. The molecule has 0 bridgehead atoms. The molecular formula is C18H23N5O. The Balaban J connectivity index is 1.57. The number of fused-ring (bicyclic) bond motifs is 1. The molecule has 2 N–H and O–H groups in total. The number of aromatic nitrogens is 3. The average molecular weight is 325 g/mol. The third-order valence-corrected chi connectivity index (χ3v) is 4.80. The third-order valence-electron chi connectivity index (χ3n) is 4.80. The zero-order valence-corrected chi connectivity index (χ0v) is 14.0. The summed E-state index contributed by atoms with van der Waals surface area (Å²) in [5, 5.41) is 5.29. The fourth-order valence-corrected chi connectivity index (χ4v) is 3.51. The van der Waals surface area contributed by atoms with E-state index in [0.717, 1.165) is 36.1 Å². The minimum absolute atomic E-state index is 0.237. The number of piperidine rings is 1. The highest BCUT2D eigenvalue weighted by atomic mass is 16.5. The first-order chi connectivity index (χ1) is 11.7. The Kier molecular flexibility index (Phi) is 4.08. The number of benzene rings is 1. The second-order valence-corrected chi connectivity index (χ2v) is 6.59. The van der Waals surface area contributed by atoms with Gasteiger partial charge in [0.25, 0.3) is 0 Å². The van der Waals surface area contributed by atoms with E-state index in [1.54, 1.807) is 0 Å². The Morgan fingerprint density at radius 1 is 1.21 bits per heavy atom. The highest BCUT2D eigenvalue weighted by Crippen LogP contribution is 2.28. The molecule has 6 heteroatoms. The lowest BCUT2D eigenvalue weighted by Crippen LogP contribution is -2.36. The Morgan fingerprint density at radius 2 is 2.00 bits per heavy atom. The van der Waals surface area contributed by atoms with Crippen molar-refractivity contribution in [2.45, 2.75) is 25.3 Å². The Morgan fingerprint density at radius 3 is 2.83 bits per heavy atom. The standard InChI is InChI=1S/C18H23N5O/c1-22-11-14(13-7-3-4-8-16(13)22)17-20-18(24-21-17)15(19)12-23-9-5-2-6-10-23/h3-4,7-8,11,15H,2,5-6,9-10,12,19H2,1H3. The second kappa shape index (κ2) is 6.37. The molecule has 0 amide bonds. The number of likely N-dealkylation sites (tertiary alicyclic amines) is 1. The molecule has 3 aromatic rings. The number of hydrogen-bond donors (Lipinski definition) is 1. The molecule has 2 aromatic heterocycles. The van der Waals surface area contributed by atoms with Gasteiger partial charge in [-0.3, -0.25) is 0 Å². The molecule has 3 heterocycles. The van der Waals surface area contributed by atoms with Crippen molar-refractivity contribution in [2.75, 3.05) is 19.6 Å². The minimum atomic E-state index is -0.237. The van der Waals surface area contributed by atoms with Crippen LogP contribution in [0.4, 0.5) is 0 Å². The lowest BCUT2D eigenvalue weighted by molar-refractivity contribution is 0.203. The Hall–Kier alpha value is -2.18. The Bertz CT molecular complexity index is 831. The van der Waals surface area contributed by atoms with E-state index < -0.39 is 0 Å². The lowest BCUT2D eigenvalue weighted by Gasteiger charge is -2.27. The molecule has 1 aliphatic rings. The maximum atomic E-state index is 6.29. The summed E-state index contributed by atoms with van der Waals surface area (Å²) in [6.45, 7) is 2.99. The van der Waals surface area contributed by atoms with E-state index in [9.17, 15) is 0 Å². The summed E-state index contributed by atoms with van der Waals surface area (Å²) in [4.78, 5) is 6.95. The van der Waals surface area contributed by atoms with E-state index in [-0.39, 0.29) is 6.04 Å². The number of nitrogens with two attached hydrogens (primary N) is 1. The molecule has 1 saturated heterocycles. The predicted molar refractivity (Wildman–Crippen MR) is 93.4 cm³/mol. The van der Waals surface area contributed by atoms with Crippen LogP contribution in [0.5, 0.6) is 0 Å². The van der Waals surface area contributed by atoms with Crippen LogP contribution in [-0.4, -0.2) is 39.2 Å². The number of nitrogens with zero attached hydrogens (tertiary/aromatic N) is 4. The molecule has 126 valence electrons. The first kappa shape index (κ1) is 15.4. The van der Waals surface area contributed by atoms with Gasteiger partial charge in [-0.25, -0.2) is 0 Å². The van der Waals surface area contributed by atoms with Crippen LogP contribution < -0.4 is 5.73 Å². The molecule has 0 spiro atoms. The zero-order chi connectivity index (χ0) is 16.5. The van der Waals surface area contributed by atoms with E-state index in [0.29, 0.717) is 11.7 Å². The lowest BCUT2D eigenvalue weighted by atomic mass is 10.1. The molecule has 0 radical (unpaired) electrons. The third kappa shape index (κ3) is 2.83. The highest BCUT2D eigenvalue weighted by molar-refractivity contribution is 5.94. The van der Waals surface area contributed by atoms with Crippen molar-refractivity contribution in [2.24, 2.45) is 12.8 Å². The molecule has 0 saturated carbocycles. The largest absolute Gasteiger partial charge is 0.350 e. The number of para-hydroxylation sites is 1. The molecular weight excluding hydrogens is 302 g/mol. The van der Waals surface area contributed by atoms with Crippen molar-refractivity contribution in [3.63, 3.8) is 0 Å².